The van der Waals surface area contributed by atoms with Crippen molar-refractivity contribution in [1.29, 1.82) is 0 Å². The van der Waals surface area contributed by atoms with Gasteiger partial charge < -0.3 is 20.0 Å². The summed E-state index contributed by atoms with van der Waals surface area (Å²) in [7, 11) is 1.50. The van der Waals surface area contributed by atoms with Gasteiger partial charge in [0.1, 0.15) is 0 Å². The smallest absolute Gasteiger partial charge is 0.287 e. The molecule has 0 saturated carbocycles. The zero-order chi connectivity index (χ0) is 18.4. The Hall–Kier alpha value is -3.09. The second kappa shape index (κ2) is 8.14. The van der Waals surface area contributed by atoms with Crippen molar-refractivity contribution in [3.8, 4) is 0 Å². The van der Waals surface area contributed by atoms with Crippen LogP contribution in [0.25, 0.3) is 0 Å². The lowest BCUT2D eigenvalue weighted by Crippen LogP contribution is -2.41. The maximum absolute atomic E-state index is 12.1. The summed E-state index contributed by atoms with van der Waals surface area (Å²) >= 11 is 0. The van der Waals surface area contributed by atoms with E-state index in [4.69, 9.17) is 4.42 Å². The number of rotatable bonds is 6. The number of nitrogens with zero attached hydrogens (tertiary/aromatic N) is 1. The summed E-state index contributed by atoms with van der Waals surface area (Å²) in [5.41, 5.74) is 2.77. The van der Waals surface area contributed by atoms with Crippen LogP contribution in [0.5, 0.6) is 0 Å². The highest BCUT2D eigenvalue weighted by Crippen LogP contribution is 2.17. The molecule has 7 nitrogen and oxygen atoms in total. The van der Waals surface area contributed by atoms with Crippen molar-refractivity contribution in [2.75, 3.05) is 25.5 Å². The van der Waals surface area contributed by atoms with E-state index in [0.29, 0.717) is 0 Å². The fraction of sp³-hybridized carbons (Fsp3) is 0.278. The van der Waals surface area contributed by atoms with Gasteiger partial charge in [-0.25, -0.2) is 0 Å². The molecule has 1 aromatic heterocycles. The number of aryl methyl sites for hydroxylation is 1. The molecule has 132 valence electrons. The molecule has 2 rings (SSSR count). The first-order valence-corrected chi connectivity index (χ1v) is 7.80. The molecule has 0 bridgehead atoms. The molecule has 0 fully saturated rings. The van der Waals surface area contributed by atoms with Crippen molar-refractivity contribution >= 4 is 23.4 Å². The summed E-state index contributed by atoms with van der Waals surface area (Å²) in [6.07, 6.45) is 1.38. The summed E-state index contributed by atoms with van der Waals surface area (Å²) in [5, 5.41) is 5.24. The van der Waals surface area contributed by atoms with Gasteiger partial charge in [-0.15, -0.1) is 0 Å². The average Bonchev–Trinajstić information content (AvgIpc) is 3.11. The SMILES string of the molecule is Cc1cccc(NC(=O)CN(C)C(=O)CNC(=O)c2ccco2)c1C. The molecule has 0 spiro atoms. The maximum atomic E-state index is 12.1. The number of nitrogens with one attached hydrogen (secondary N) is 2. The Labute approximate surface area is 146 Å². The molecule has 0 radical (unpaired) electrons. The Bertz CT molecular complexity index is 769. The number of hydrogen-bond acceptors (Lipinski definition) is 4. The van der Waals surface area contributed by atoms with Crippen molar-refractivity contribution in [2.24, 2.45) is 0 Å². The van der Waals surface area contributed by atoms with Gasteiger partial charge in [-0.05, 0) is 43.2 Å². The number of carbonyl (C=O) groups is 3. The number of anilines is 1. The van der Waals surface area contributed by atoms with Crippen molar-refractivity contribution in [3.05, 3.63) is 53.5 Å². The highest BCUT2D eigenvalue weighted by Gasteiger charge is 2.16. The number of benzene rings is 1. The topological polar surface area (TPSA) is 91.7 Å². The Kier molecular flexibility index (Phi) is 5.94. The van der Waals surface area contributed by atoms with Crippen molar-refractivity contribution in [2.45, 2.75) is 13.8 Å². The number of carbonyl (C=O) groups excluding carboxylic acids is 3. The van der Waals surface area contributed by atoms with Crippen LogP contribution in [-0.2, 0) is 9.59 Å². The normalized spacial score (nSPS) is 10.2. The van der Waals surface area contributed by atoms with E-state index in [-0.39, 0.29) is 30.7 Å². The van der Waals surface area contributed by atoms with Crippen molar-refractivity contribution in [1.82, 2.24) is 10.2 Å². The molecule has 0 aliphatic carbocycles. The average molecular weight is 343 g/mol. The second-order valence-electron chi connectivity index (χ2n) is 5.71. The van der Waals surface area contributed by atoms with Crippen LogP contribution in [-0.4, -0.2) is 42.8 Å². The van der Waals surface area contributed by atoms with Gasteiger partial charge in [0.2, 0.25) is 11.8 Å². The van der Waals surface area contributed by atoms with Gasteiger partial charge in [0, 0.05) is 12.7 Å². The first-order chi connectivity index (χ1) is 11.9. The highest BCUT2D eigenvalue weighted by atomic mass is 16.3. The highest BCUT2D eigenvalue weighted by molar-refractivity contribution is 5.97. The first kappa shape index (κ1) is 18.3. The Morgan fingerprint density at radius 2 is 1.88 bits per heavy atom. The predicted molar refractivity (Wildman–Crippen MR) is 93.2 cm³/mol. The van der Waals surface area contributed by atoms with Crippen LogP contribution >= 0.6 is 0 Å². The molecular formula is C18H21N3O4. The summed E-state index contributed by atoms with van der Waals surface area (Å²) in [5.74, 6) is -1.03. The van der Waals surface area contributed by atoms with Crippen LogP contribution in [0.1, 0.15) is 21.7 Å². The molecule has 0 atom stereocenters. The number of amides is 3. The zero-order valence-corrected chi connectivity index (χ0v) is 14.5. The van der Waals surface area contributed by atoms with Gasteiger partial charge in [0.25, 0.3) is 5.91 Å². The fourth-order valence-corrected chi connectivity index (χ4v) is 2.17. The minimum atomic E-state index is -0.480. The van der Waals surface area contributed by atoms with Gasteiger partial charge in [0.15, 0.2) is 5.76 Å². The van der Waals surface area contributed by atoms with Gasteiger partial charge in [-0.2, -0.15) is 0 Å². The molecule has 1 heterocycles. The molecule has 25 heavy (non-hydrogen) atoms. The maximum Gasteiger partial charge on any atom is 0.287 e. The minimum absolute atomic E-state index is 0.108. The second-order valence-corrected chi connectivity index (χ2v) is 5.71. The lowest BCUT2D eigenvalue weighted by molar-refractivity contribution is -0.132. The molecule has 0 saturated heterocycles. The molecular weight excluding hydrogens is 322 g/mol. The molecule has 7 heteroatoms. The van der Waals surface area contributed by atoms with E-state index in [9.17, 15) is 14.4 Å². The van der Waals surface area contributed by atoms with E-state index in [0.717, 1.165) is 16.8 Å². The van der Waals surface area contributed by atoms with Crippen molar-refractivity contribution in [3.63, 3.8) is 0 Å². The van der Waals surface area contributed by atoms with Crippen LogP contribution in [0.15, 0.2) is 41.0 Å². The van der Waals surface area contributed by atoms with Crippen LogP contribution in [0.2, 0.25) is 0 Å². The minimum Gasteiger partial charge on any atom is -0.459 e. The summed E-state index contributed by atoms with van der Waals surface area (Å²) < 4.78 is 4.94. The number of furan rings is 1. The summed E-state index contributed by atoms with van der Waals surface area (Å²) in [4.78, 5) is 37.1. The predicted octanol–water partition coefficient (Wildman–Crippen LogP) is 1.72. The van der Waals surface area contributed by atoms with E-state index in [1.165, 1.54) is 24.3 Å². The first-order valence-electron chi connectivity index (χ1n) is 7.80. The van der Waals surface area contributed by atoms with Crippen LogP contribution < -0.4 is 10.6 Å². The van der Waals surface area contributed by atoms with Crippen molar-refractivity contribution < 1.29 is 18.8 Å². The van der Waals surface area contributed by atoms with Gasteiger partial charge in [0.05, 0.1) is 19.4 Å². The van der Waals surface area contributed by atoms with E-state index in [2.05, 4.69) is 10.6 Å². The largest absolute Gasteiger partial charge is 0.459 e. The monoisotopic (exact) mass is 343 g/mol. The summed E-state index contributed by atoms with van der Waals surface area (Å²) in [6.45, 7) is 3.56. The van der Waals surface area contributed by atoms with E-state index >= 15 is 0 Å². The quantitative estimate of drug-likeness (QED) is 0.835. The molecule has 0 aliphatic rings. The van der Waals surface area contributed by atoms with E-state index in [1.54, 1.807) is 6.07 Å². The molecule has 2 N–H and O–H groups in total. The molecule has 0 unspecified atom stereocenters. The lowest BCUT2D eigenvalue weighted by atomic mass is 10.1. The fourth-order valence-electron chi connectivity index (χ4n) is 2.17. The Morgan fingerprint density at radius 3 is 2.56 bits per heavy atom. The molecule has 1 aromatic carbocycles. The third kappa shape index (κ3) is 4.94. The lowest BCUT2D eigenvalue weighted by Gasteiger charge is -2.18. The van der Waals surface area contributed by atoms with Gasteiger partial charge >= 0.3 is 0 Å². The van der Waals surface area contributed by atoms with Gasteiger partial charge in [-0.3, -0.25) is 14.4 Å². The van der Waals surface area contributed by atoms with Gasteiger partial charge in [-0.1, -0.05) is 12.1 Å². The number of hydrogen-bond donors (Lipinski definition) is 2. The summed E-state index contributed by atoms with van der Waals surface area (Å²) in [6, 6.07) is 8.71. The molecule has 0 aliphatic heterocycles. The zero-order valence-electron chi connectivity index (χ0n) is 14.5. The van der Waals surface area contributed by atoms with Crippen LogP contribution in [0.4, 0.5) is 5.69 Å². The van der Waals surface area contributed by atoms with E-state index in [1.807, 2.05) is 32.0 Å². The third-order valence-corrected chi connectivity index (χ3v) is 3.83. The van der Waals surface area contributed by atoms with Crippen LogP contribution in [0.3, 0.4) is 0 Å². The Balaban J connectivity index is 1.82. The Morgan fingerprint density at radius 1 is 1.12 bits per heavy atom. The van der Waals surface area contributed by atoms with E-state index < -0.39 is 5.91 Å². The van der Waals surface area contributed by atoms with Crippen LogP contribution in [0, 0.1) is 13.8 Å². The molecule has 2 aromatic rings. The molecule has 3 amide bonds. The number of likely N-dealkylation sites (N-methyl/N-ethyl adjacent to an activating group) is 1. The third-order valence-electron chi connectivity index (χ3n) is 3.83. The standard InChI is InChI=1S/C18H21N3O4/c1-12-6-4-7-14(13(12)2)20-16(22)11-21(3)17(23)10-19-18(24)15-8-5-9-25-15/h4-9H,10-11H2,1-3H3,(H,19,24)(H,20,22).